The topological polar surface area (TPSA) is 69.7 Å². The van der Waals surface area contributed by atoms with Crippen molar-refractivity contribution in [2.45, 2.75) is 72.5 Å². The summed E-state index contributed by atoms with van der Waals surface area (Å²) in [5, 5.41) is 0. The molecule has 1 aromatic carbocycles. The number of ketones is 1. The van der Waals surface area contributed by atoms with Crippen LogP contribution in [0.15, 0.2) is 53.6 Å². The molecule has 0 N–H and O–H groups in total. The van der Waals surface area contributed by atoms with E-state index < -0.39 is 29.6 Å². The average Bonchev–Trinajstić information content (AvgIpc) is 3.19. The van der Waals surface area contributed by atoms with Gasteiger partial charge in [0.2, 0.25) is 5.78 Å². The molecule has 34 heavy (non-hydrogen) atoms. The van der Waals surface area contributed by atoms with Gasteiger partial charge in [0.25, 0.3) is 0 Å². The smallest absolute Gasteiger partial charge is 0.338 e. The van der Waals surface area contributed by atoms with Crippen LogP contribution in [0.3, 0.4) is 0 Å². The third kappa shape index (κ3) is 4.25. The highest BCUT2D eigenvalue weighted by Gasteiger charge is 2.61. The molecule has 0 bridgehead atoms. The Balaban J connectivity index is 1.77. The SMILES string of the molecule is CC(=O)O[C@]12C[C@H](C)[C@H](OC(=O)c3ccccc3)[C@@H]1/C=C(/C)CC[C@H]1[C@@H](/C=C(\C)C2=O)C1(C)C. The average molecular weight is 465 g/mol. The van der Waals surface area contributed by atoms with Gasteiger partial charge in [-0.15, -0.1) is 0 Å². The number of fused-ring (bicyclic) bond motifs is 2. The zero-order valence-corrected chi connectivity index (χ0v) is 21.1. The lowest BCUT2D eigenvalue weighted by molar-refractivity contribution is -0.168. The first-order valence-electron chi connectivity index (χ1n) is 12.3. The van der Waals surface area contributed by atoms with Crippen LogP contribution in [0, 0.1) is 29.1 Å². The number of Topliss-reactive ketones (excluding diaryl/α,β-unsaturated/α-hetero) is 1. The number of allylic oxidation sites excluding steroid dienone is 2. The van der Waals surface area contributed by atoms with Crippen molar-refractivity contribution in [1.29, 1.82) is 0 Å². The summed E-state index contributed by atoms with van der Waals surface area (Å²) in [5.74, 6) is -0.959. The molecule has 0 unspecified atom stereocenters. The summed E-state index contributed by atoms with van der Waals surface area (Å²) in [6, 6.07) is 8.85. The van der Waals surface area contributed by atoms with E-state index in [1.54, 1.807) is 24.3 Å². The van der Waals surface area contributed by atoms with Crippen molar-refractivity contribution in [3.8, 4) is 0 Å². The van der Waals surface area contributed by atoms with Crippen molar-refractivity contribution in [3.05, 3.63) is 59.2 Å². The van der Waals surface area contributed by atoms with Crippen LogP contribution in [0.2, 0.25) is 0 Å². The van der Waals surface area contributed by atoms with Gasteiger partial charge in [0.05, 0.1) is 11.5 Å². The summed E-state index contributed by atoms with van der Waals surface area (Å²) in [6.07, 6.45) is 5.79. The van der Waals surface area contributed by atoms with E-state index >= 15 is 0 Å². The molecule has 3 aliphatic carbocycles. The lowest BCUT2D eigenvalue weighted by Crippen LogP contribution is -2.48. The van der Waals surface area contributed by atoms with Gasteiger partial charge in [-0.3, -0.25) is 9.59 Å². The summed E-state index contributed by atoms with van der Waals surface area (Å²) in [6.45, 7) is 11.7. The number of ether oxygens (including phenoxy) is 2. The quantitative estimate of drug-likeness (QED) is 0.424. The van der Waals surface area contributed by atoms with E-state index in [0.717, 1.165) is 18.4 Å². The van der Waals surface area contributed by atoms with Gasteiger partial charge in [0, 0.05) is 13.3 Å². The molecule has 2 fully saturated rings. The van der Waals surface area contributed by atoms with Crippen LogP contribution in [0.5, 0.6) is 0 Å². The fraction of sp³-hybridized carbons (Fsp3) is 0.552. The summed E-state index contributed by atoms with van der Waals surface area (Å²) in [5.41, 5.74) is 0.994. The van der Waals surface area contributed by atoms with Gasteiger partial charge in [-0.05, 0) is 67.6 Å². The lowest BCUT2D eigenvalue weighted by atomic mass is 9.81. The maximum atomic E-state index is 14.0. The number of hydrogen-bond acceptors (Lipinski definition) is 5. The predicted molar refractivity (Wildman–Crippen MR) is 130 cm³/mol. The minimum Gasteiger partial charge on any atom is -0.458 e. The molecule has 0 radical (unpaired) electrons. The summed E-state index contributed by atoms with van der Waals surface area (Å²) in [7, 11) is 0. The lowest BCUT2D eigenvalue weighted by Gasteiger charge is -2.34. The molecular weight excluding hydrogens is 428 g/mol. The van der Waals surface area contributed by atoms with Crippen molar-refractivity contribution in [2.24, 2.45) is 29.1 Å². The van der Waals surface area contributed by atoms with E-state index in [-0.39, 0.29) is 17.1 Å². The van der Waals surface area contributed by atoms with Crippen LogP contribution in [-0.4, -0.2) is 29.4 Å². The van der Waals surface area contributed by atoms with Crippen molar-refractivity contribution >= 4 is 17.7 Å². The summed E-state index contributed by atoms with van der Waals surface area (Å²) >= 11 is 0. The molecule has 0 amide bonds. The molecule has 5 heteroatoms. The Bertz CT molecular complexity index is 1050. The molecule has 6 atom stereocenters. The number of carbonyl (C=O) groups is 3. The van der Waals surface area contributed by atoms with Gasteiger partial charge in [-0.1, -0.05) is 56.7 Å². The first-order valence-corrected chi connectivity index (χ1v) is 12.3. The highest BCUT2D eigenvalue weighted by molar-refractivity contribution is 6.03. The van der Waals surface area contributed by atoms with Crippen molar-refractivity contribution in [1.82, 2.24) is 0 Å². The van der Waals surface area contributed by atoms with Crippen LogP contribution in [0.1, 0.15) is 71.2 Å². The van der Waals surface area contributed by atoms with Crippen molar-refractivity contribution < 1.29 is 23.9 Å². The molecule has 182 valence electrons. The third-order valence-corrected chi connectivity index (χ3v) is 8.28. The van der Waals surface area contributed by atoms with Crippen LogP contribution < -0.4 is 0 Å². The summed E-state index contributed by atoms with van der Waals surface area (Å²) in [4.78, 5) is 39.3. The van der Waals surface area contributed by atoms with Gasteiger partial charge in [-0.25, -0.2) is 4.79 Å². The van der Waals surface area contributed by atoms with E-state index in [2.05, 4.69) is 26.8 Å². The number of esters is 2. The van der Waals surface area contributed by atoms with Gasteiger partial charge < -0.3 is 9.47 Å². The number of hydrogen-bond donors (Lipinski definition) is 0. The van der Waals surface area contributed by atoms with Crippen molar-refractivity contribution in [2.75, 3.05) is 0 Å². The Morgan fingerprint density at radius 1 is 1.03 bits per heavy atom. The molecule has 0 aromatic heterocycles. The maximum Gasteiger partial charge on any atom is 0.338 e. The van der Waals surface area contributed by atoms with E-state index in [1.807, 2.05) is 26.0 Å². The molecule has 1 aromatic rings. The Hall–Kier alpha value is -2.69. The second-order valence-corrected chi connectivity index (χ2v) is 11.1. The van der Waals surface area contributed by atoms with Crippen LogP contribution in [-0.2, 0) is 19.1 Å². The Labute approximate surface area is 202 Å². The van der Waals surface area contributed by atoms with Crippen LogP contribution in [0.4, 0.5) is 0 Å². The second kappa shape index (κ2) is 8.83. The molecule has 5 nitrogen and oxygen atoms in total. The molecular formula is C29H36O5. The second-order valence-electron chi connectivity index (χ2n) is 11.1. The standard InChI is InChI=1S/C29H36O5/c1-17-12-13-22-23(28(22,5)6)15-18(2)26(31)29(34-20(4)30)16-19(3)25(24(29)14-17)33-27(32)21-10-8-7-9-11-21/h7-11,14-15,19,22-25H,12-13,16H2,1-6H3/b17-14-,18-15+/t19-,22-,23+,24-,25-,29+/m0/s1. The van der Waals surface area contributed by atoms with E-state index in [4.69, 9.17) is 9.47 Å². The van der Waals surface area contributed by atoms with Crippen LogP contribution in [0.25, 0.3) is 0 Å². The molecule has 0 saturated heterocycles. The first-order chi connectivity index (χ1) is 16.0. The minimum absolute atomic E-state index is 0.158. The molecule has 0 spiro atoms. The molecule has 0 heterocycles. The Morgan fingerprint density at radius 2 is 1.71 bits per heavy atom. The first kappa shape index (κ1) is 24.4. The highest BCUT2D eigenvalue weighted by Crippen LogP contribution is 2.62. The molecule has 4 rings (SSSR count). The monoisotopic (exact) mass is 464 g/mol. The number of carbonyl (C=O) groups excluding carboxylic acids is 3. The zero-order valence-electron chi connectivity index (χ0n) is 21.1. The van der Waals surface area contributed by atoms with Gasteiger partial charge >= 0.3 is 11.9 Å². The van der Waals surface area contributed by atoms with E-state index in [1.165, 1.54) is 6.92 Å². The Kier molecular flexibility index (Phi) is 6.34. The third-order valence-electron chi connectivity index (χ3n) is 8.28. The maximum absolute atomic E-state index is 14.0. The fourth-order valence-corrected chi connectivity index (χ4v) is 6.31. The zero-order chi connectivity index (χ0) is 24.8. The van der Waals surface area contributed by atoms with Gasteiger partial charge in [0.15, 0.2) is 5.60 Å². The van der Waals surface area contributed by atoms with E-state index in [9.17, 15) is 14.4 Å². The van der Waals surface area contributed by atoms with E-state index in [0.29, 0.717) is 29.4 Å². The molecule has 2 saturated carbocycles. The predicted octanol–water partition coefficient (Wildman–Crippen LogP) is 5.70. The largest absolute Gasteiger partial charge is 0.458 e. The number of benzene rings is 1. The normalized spacial score (nSPS) is 37.6. The number of rotatable bonds is 3. The highest BCUT2D eigenvalue weighted by atomic mass is 16.6. The van der Waals surface area contributed by atoms with Gasteiger partial charge in [0.1, 0.15) is 6.10 Å². The molecule has 0 aliphatic heterocycles. The Morgan fingerprint density at radius 3 is 2.35 bits per heavy atom. The van der Waals surface area contributed by atoms with Crippen LogP contribution >= 0.6 is 0 Å². The summed E-state index contributed by atoms with van der Waals surface area (Å²) < 4.78 is 12.0. The van der Waals surface area contributed by atoms with Gasteiger partial charge in [-0.2, -0.15) is 0 Å². The minimum atomic E-state index is -1.38. The fourth-order valence-electron chi connectivity index (χ4n) is 6.31. The molecule has 3 aliphatic rings. The van der Waals surface area contributed by atoms with Crippen molar-refractivity contribution in [3.63, 3.8) is 0 Å².